The molecule has 3 heterocycles. The number of benzene rings is 1. The maximum absolute atomic E-state index is 11.7. The molecule has 0 radical (unpaired) electrons. The largest absolute Gasteiger partial charge is 0.299 e. The van der Waals surface area contributed by atoms with Crippen LogP contribution in [-0.4, -0.2) is 54.2 Å². The Hall–Kier alpha value is -1.11. The Labute approximate surface area is 140 Å². The van der Waals surface area contributed by atoms with E-state index in [0.29, 0.717) is 17.4 Å². The van der Waals surface area contributed by atoms with Crippen LogP contribution in [0.15, 0.2) is 18.3 Å². The number of piperidine rings is 1. The first-order chi connectivity index (χ1) is 11.0. The van der Waals surface area contributed by atoms with Gasteiger partial charge in [0, 0.05) is 16.5 Å². The molecule has 0 aliphatic carbocycles. The van der Waals surface area contributed by atoms with Gasteiger partial charge in [-0.1, -0.05) is 11.6 Å². The molecule has 0 saturated carbocycles. The Morgan fingerprint density at radius 1 is 1.22 bits per heavy atom. The molecule has 23 heavy (non-hydrogen) atoms. The van der Waals surface area contributed by atoms with Gasteiger partial charge in [0.15, 0.2) is 9.84 Å². The quantitative estimate of drug-likeness (QED) is 0.901. The molecule has 2 fully saturated rings. The number of nitrogens with one attached hydrogen (secondary N) is 1. The molecule has 2 aliphatic rings. The monoisotopic (exact) mass is 353 g/mol. The predicted octanol–water partition coefficient (Wildman–Crippen LogP) is 2.58. The summed E-state index contributed by atoms with van der Waals surface area (Å²) < 4.78 is 23.3. The van der Waals surface area contributed by atoms with Crippen molar-refractivity contribution in [2.75, 3.05) is 24.6 Å². The van der Waals surface area contributed by atoms with Crippen molar-refractivity contribution >= 4 is 32.3 Å². The lowest BCUT2D eigenvalue weighted by Crippen LogP contribution is -2.41. The number of hydrogen-bond acceptors (Lipinski definition) is 4. The second-order valence-corrected chi connectivity index (χ2v) is 9.33. The van der Waals surface area contributed by atoms with Crippen LogP contribution < -0.4 is 0 Å². The van der Waals surface area contributed by atoms with Gasteiger partial charge >= 0.3 is 0 Å². The lowest BCUT2D eigenvalue weighted by Gasteiger charge is -2.36. The van der Waals surface area contributed by atoms with Crippen LogP contribution in [0.5, 0.6) is 0 Å². The molecule has 2 aromatic rings. The molecule has 0 unspecified atom stereocenters. The average molecular weight is 354 g/mol. The second-order valence-electron chi connectivity index (χ2n) is 6.70. The van der Waals surface area contributed by atoms with Crippen LogP contribution in [0.4, 0.5) is 0 Å². The third kappa shape index (κ3) is 2.99. The third-order valence-corrected chi connectivity index (χ3v) is 7.33. The van der Waals surface area contributed by atoms with Crippen LogP contribution in [0, 0.1) is 0 Å². The summed E-state index contributed by atoms with van der Waals surface area (Å²) in [6.45, 7) is 1.89. The van der Waals surface area contributed by atoms with E-state index in [1.807, 2.05) is 6.07 Å². The predicted molar refractivity (Wildman–Crippen MR) is 91.7 cm³/mol. The van der Waals surface area contributed by atoms with Crippen molar-refractivity contribution in [3.05, 3.63) is 28.9 Å². The maximum Gasteiger partial charge on any atom is 0.151 e. The maximum atomic E-state index is 11.7. The van der Waals surface area contributed by atoms with Gasteiger partial charge in [0.05, 0.1) is 23.2 Å². The van der Waals surface area contributed by atoms with E-state index in [9.17, 15) is 8.42 Å². The van der Waals surface area contributed by atoms with Gasteiger partial charge in [0.1, 0.15) is 0 Å². The molecule has 2 saturated heterocycles. The summed E-state index contributed by atoms with van der Waals surface area (Å²) in [5, 5.41) is 8.90. The summed E-state index contributed by atoms with van der Waals surface area (Å²) in [5.41, 5.74) is 2.20. The van der Waals surface area contributed by atoms with Crippen molar-refractivity contribution in [3.63, 3.8) is 0 Å². The van der Waals surface area contributed by atoms with Crippen LogP contribution in [0.3, 0.4) is 0 Å². The normalized spacial score (nSPS) is 26.0. The highest BCUT2D eigenvalue weighted by atomic mass is 35.5. The number of aromatic amines is 1. The van der Waals surface area contributed by atoms with E-state index >= 15 is 0 Å². The number of H-pyrrole nitrogens is 1. The second kappa shape index (κ2) is 5.76. The highest BCUT2D eigenvalue weighted by Gasteiger charge is 2.34. The van der Waals surface area contributed by atoms with Crippen LogP contribution in [0.2, 0.25) is 5.02 Å². The molecular weight excluding hydrogens is 334 g/mol. The molecule has 0 spiro atoms. The van der Waals surface area contributed by atoms with E-state index < -0.39 is 9.84 Å². The Morgan fingerprint density at radius 3 is 2.70 bits per heavy atom. The Kier molecular flexibility index (Phi) is 3.86. The van der Waals surface area contributed by atoms with Gasteiger partial charge in [-0.2, -0.15) is 5.10 Å². The molecule has 2 aliphatic heterocycles. The summed E-state index contributed by atoms with van der Waals surface area (Å²) in [6, 6.07) is 4.31. The highest BCUT2D eigenvalue weighted by Crippen LogP contribution is 2.36. The summed E-state index contributed by atoms with van der Waals surface area (Å²) >= 11 is 6.46. The third-order valence-electron chi connectivity index (χ3n) is 5.25. The van der Waals surface area contributed by atoms with E-state index in [2.05, 4.69) is 21.2 Å². The van der Waals surface area contributed by atoms with E-state index in [-0.39, 0.29) is 6.04 Å². The molecule has 1 aromatic carbocycles. The summed E-state index contributed by atoms with van der Waals surface area (Å²) in [7, 11) is -2.81. The van der Waals surface area contributed by atoms with E-state index in [1.54, 1.807) is 6.20 Å². The number of hydrogen-bond donors (Lipinski definition) is 1. The van der Waals surface area contributed by atoms with Gasteiger partial charge < -0.3 is 0 Å². The molecule has 1 aromatic heterocycles. The number of nitrogens with zero attached hydrogens (tertiary/aromatic N) is 2. The van der Waals surface area contributed by atoms with Crippen LogP contribution in [0.1, 0.15) is 30.7 Å². The lowest BCUT2D eigenvalue weighted by molar-refractivity contribution is 0.165. The van der Waals surface area contributed by atoms with E-state index in [0.717, 1.165) is 48.3 Å². The summed E-state index contributed by atoms with van der Waals surface area (Å²) in [4.78, 5) is 2.35. The van der Waals surface area contributed by atoms with Crippen molar-refractivity contribution in [2.24, 2.45) is 0 Å². The first-order valence-corrected chi connectivity index (χ1v) is 10.3. The topological polar surface area (TPSA) is 66.1 Å². The zero-order valence-corrected chi connectivity index (χ0v) is 14.4. The molecule has 4 rings (SSSR count). The zero-order chi connectivity index (χ0) is 16.0. The zero-order valence-electron chi connectivity index (χ0n) is 12.8. The smallest absolute Gasteiger partial charge is 0.151 e. The molecule has 0 bridgehead atoms. The number of likely N-dealkylation sites (tertiary alicyclic amines) is 1. The van der Waals surface area contributed by atoms with Crippen molar-refractivity contribution in [1.29, 1.82) is 0 Å². The molecule has 7 heteroatoms. The highest BCUT2D eigenvalue weighted by molar-refractivity contribution is 7.91. The Morgan fingerprint density at radius 2 is 2.00 bits per heavy atom. The minimum atomic E-state index is -2.81. The van der Waals surface area contributed by atoms with E-state index in [1.165, 1.54) is 5.56 Å². The minimum absolute atomic E-state index is 0.214. The first kappa shape index (κ1) is 15.4. The Bertz CT molecular complexity index is 825. The SMILES string of the molecule is O=S1(=O)CC[C@@H](N2CCC(c3cc4[nH]ncc4cc3Cl)CC2)C1. The van der Waals surface area contributed by atoms with Crippen LogP contribution >= 0.6 is 11.6 Å². The molecule has 5 nitrogen and oxygen atoms in total. The van der Waals surface area contributed by atoms with Crippen LogP contribution in [0.25, 0.3) is 10.9 Å². The van der Waals surface area contributed by atoms with Crippen molar-refractivity contribution in [1.82, 2.24) is 15.1 Å². The standard InChI is InChI=1S/C16H20ClN3O2S/c17-15-7-12-9-18-19-16(12)8-14(15)11-1-4-20(5-2-11)13-3-6-23(21,22)10-13/h7-9,11,13H,1-6,10H2,(H,18,19)/t13-/m1/s1. The molecule has 1 atom stereocenters. The number of halogens is 1. The van der Waals surface area contributed by atoms with Gasteiger partial charge in [0.25, 0.3) is 0 Å². The fraction of sp³-hybridized carbons (Fsp3) is 0.562. The molecule has 1 N–H and O–H groups in total. The summed E-state index contributed by atoms with van der Waals surface area (Å²) in [6.07, 6.45) is 4.62. The van der Waals surface area contributed by atoms with Gasteiger partial charge in [-0.3, -0.25) is 10.00 Å². The molecule has 124 valence electrons. The van der Waals surface area contributed by atoms with Gasteiger partial charge in [0.2, 0.25) is 0 Å². The fourth-order valence-corrected chi connectivity index (χ4v) is 6.02. The van der Waals surface area contributed by atoms with Crippen LogP contribution in [-0.2, 0) is 9.84 Å². The fourth-order valence-electron chi connectivity index (χ4n) is 3.93. The minimum Gasteiger partial charge on any atom is -0.299 e. The lowest BCUT2D eigenvalue weighted by atomic mass is 9.88. The van der Waals surface area contributed by atoms with Gasteiger partial charge in [-0.15, -0.1) is 0 Å². The number of fused-ring (bicyclic) bond motifs is 1. The Balaban J connectivity index is 1.47. The first-order valence-electron chi connectivity index (χ1n) is 8.09. The summed E-state index contributed by atoms with van der Waals surface area (Å²) in [5.74, 6) is 1.11. The number of aromatic nitrogens is 2. The number of rotatable bonds is 2. The van der Waals surface area contributed by atoms with Gasteiger partial charge in [-0.25, -0.2) is 8.42 Å². The molecule has 0 amide bonds. The van der Waals surface area contributed by atoms with Crippen molar-refractivity contribution in [3.8, 4) is 0 Å². The van der Waals surface area contributed by atoms with Gasteiger partial charge in [-0.05, 0) is 56.0 Å². The molecular formula is C16H20ClN3O2S. The average Bonchev–Trinajstić information content (AvgIpc) is 3.12. The van der Waals surface area contributed by atoms with Crippen molar-refractivity contribution in [2.45, 2.75) is 31.2 Å². The van der Waals surface area contributed by atoms with Crippen molar-refractivity contribution < 1.29 is 8.42 Å². The number of sulfone groups is 1. The van der Waals surface area contributed by atoms with E-state index in [4.69, 9.17) is 11.6 Å².